The molecule has 2 aromatic carbocycles. The van der Waals surface area contributed by atoms with Gasteiger partial charge in [-0.05, 0) is 44.0 Å². The van der Waals surface area contributed by atoms with Crippen LogP contribution >= 0.6 is 11.6 Å². The van der Waals surface area contributed by atoms with E-state index in [0.29, 0.717) is 11.6 Å². The van der Waals surface area contributed by atoms with E-state index in [2.05, 4.69) is 6.07 Å². The van der Waals surface area contributed by atoms with E-state index in [-0.39, 0.29) is 6.04 Å². The van der Waals surface area contributed by atoms with Crippen LogP contribution in [0.5, 0.6) is 5.75 Å². The molecule has 1 atom stereocenters. The fourth-order valence-electron chi connectivity index (χ4n) is 2.25. The van der Waals surface area contributed by atoms with Crippen LogP contribution in [0.25, 0.3) is 0 Å². The molecule has 0 heterocycles. The first-order valence-corrected chi connectivity index (χ1v) is 7.15. The molecule has 2 N–H and O–H groups in total. The Morgan fingerprint density at radius 1 is 1.05 bits per heavy atom. The van der Waals surface area contributed by atoms with Crippen LogP contribution in [0.3, 0.4) is 0 Å². The molecule has 0 aliphatic rings. The van der Waals surface area contributed by atoms with Gasteiger partial charge in [0.15, 0.2) is 0 Å². The number of nitrogens with two attached hydrogens (primary N) is 1. The fraction of sp³-hybridized carbons (Fsp3) is 0.294. The first-order valence-electron chi connectivity index (χ1n) is 6.78. The second-order valence-corrected chi connectivity index (χ2v) is 5.38. The molecular formula is C17H20ClNO. The molecule has 0 spiro atoms. The topological polar surface area (TPSA) is 35.2 Å². The van der Waals surface area contributed by atoms with Gasteiger partial charge in [-0.1, -0.05) is 41.4 Å². The summed E-state index contributed by atoms with van der Waals surface area (Å²) < 4.78 is 5.68. The summed E-state index contributed by atoms with van der Waals surface area (Å²) in [5, 5.41) is 0.696. The standard InChI is InChI=1S/C17H20ClNO/c1-4-20-16-8-6-11(2)9-14(16)17(19)13-7-5-12(3)10-15(13)18/h5-10,17H,4,19H2,1-3H3. The average molecular weight is 290 g/mol. The highest BCUT2D eigenvalue weighted by molar-refractivity contribution is 6.31. The first-order chi connectivity index (χ1) is 9.52. The van der Waals surface area contributed by atoms with Crippen molar-refractivity contribution >= 4 is 11.6 Å². The van der Waals surface area contributed by atoms with E-state index in [0.717, 1.165) is 28.0 Å². The zero-order valence-corrected chi connectivity index (χ0v) is 12.9. The third-order valence-electron chi connectivity index (χ3n) is 3.29. The minimum Gasteiger partial charge on any atom is -0.494 e. The van der Waals surface area contributed by atoms with Crippen molar-refractivity contribution in [3.05, 3.63) is 63.7 Å². The van der Waals surface area contributed by atoms with E-state index in [1.165, 1.54) is 0 Å². The summed E-state index contributed by atoms with van der Waals surface area (Å²) >= 11 is 6.32. The van der Waals surface area contributed by atoms with E-state index >= 15 is 0 Å². The maximum atomic E-state index is 6.40. The van der Waals surface area contributed by atoms with Gasteiger partial charge in [-0.3, -0.25) is 0 Å². The normalized spacial score (nSPS) is 12.2. The zero-order valence-electron chi connectivity index (χ0n) is 12.1. The summed E-state index contributed by atoms with van der Waals surface area (Å²) in [7, 11) is 0. The summed E-state index contributed by atoms with van der Waals surface area (Å²) in [4.78, 5) is 0. The smallest absolute Gasteiger partial charge is 0.124 e. The lowest BCUT2D eigenvalue weighted by Crippen LogP contribution is -2.14. The second-order valence-electron chi connectivity index (χ2n) is 4.98. The van der Waals surface area contributed by atoms with Gasteiger partial charge in [0, 0.05) is 10.6 Å². The maximum absolute atomic E-state index is 6.40. The Kier molecular flexibility index (Phi) is 4.69. The van der Waals surface area contributed by atoms with Crippen molar-refractivity contribution in [1.82, 2.24) is 0 Å². The minimum atomic E-state index is -0.287. The molecule has 20 heavy (non-hydrogen) atoms. The van der Waals surface area contributed by atoms with Gasteiger partial charge >= 0.3 is 0 Å². The molecule has 106 valence electrons. The maximum Gasteiger partial charge on any atom is 0.124 e. The molecule has 0 bridgehead atoms. The molecule has 0 radical (unpaired) electrons. The second kappa shape index (κ2) is 6.29. The lowest BCUT2D eigenvalue weighted by molar-refractivity contribution is 0.335. The van der Waals surface area contributed by atoms with Crippen molar-refractivity contribution < 1.29 is 4.74 Å². The first kappa shape index (κ1) is 14.9. The van der Waals surface area contributed by atoms with Crippen molar-refractivity contribution in [2.75, 3.05) is 6.61 Å². The van der Waals surface area contributed by atoms with Crippen LogP contribution in [-0.2, 0) is 0 Å². The van der Waals surface area contributed by atoms with E-state index < -0.39 is 0 Å². The number of hydrogen-bond donors (Lipinski definition) is 1. The molecule has 2 aromatic rings. The number of aryl methyl sites for hydroxylation is 2. The van der Waals surface area contributed by atoms with Gasteiger partial charge in [0.25, 0.3) is 0 Å². The van der Waals surface area contributed by atoms with Gasteiger partial charge < -0.3 is 10.5 Å². The van der Waals surface area contributed by atoms with Gasteiger partial charge in [0.2, 0.25) is 0 Å². The lowest BCUT2D eigenvalue weighted by Gasteiger charge is -2.19. The quantitative estimate of drug-likeness (QED) is 0.905. The molecule has 3 heteroatoms. The van der Waals surface area contributed by atoms with Gasteiger partial charge in [0.1, 0.15) is 5.75 Å². The molecule has 0 aromatic heterocycles. The Morgan fingerprint density at radius 3 is 2.35 bits per heavy atom. The Labute approximate surface area is 125 Å². The van der Waals surface area contributed by atoms with Crippen LogP contribution in [0.15, 0.2) is 36.4 Å². The van der Waals surface area contributed by atoms with E-state index in [9.17, 15) is 0 Å². The van der Waals surface area contributed by atoms with Crippen LogP contribution in [0.2, 0.25) is 5.02 Å². The summed E-state index contributed by atoms with van der Waals surface area (Å²) in [6.45, 7) is 6.64. The molecule has 2 nitrogen and oxygen atoms in total. The lowest BCUT2D eigenvalue weighted by atomic mass is 9.96. The molecule has 0 amide bonds. The van der Waals surface area contributed by atoms with Gasteiger partial charge in [-0.15, -0.1) is 0 Å². The van der Waals surface area contributed by atoms with Crippen molar-refractivity contribution in [3.8, 4) is 5.75 Å². The van der Waals surface area contributed by atoms with Crippen molar-refractivity contribution in [2.45, 2.75) is 26.8 Å². The van der Waals surface area contributed by atoms with Gasteiger partial charge in [0.05, 0.1) is 12.6 Å². The number of halogens is 1. The molecule has 0 aliphatic heterocycles. The highest BCUT2D eigenvalue weighted by atomic mass is 35.5. The summed E-state index contributed by atoms with van der Waals surface area (Å²) in [6, 6.07) is 11.7. The Morgan fingerprint density at radius 2 is 1.70 bits per heavy atom. The van der Waals surface area contributed by atoms with Crippen LogP contribution < -0.4 is 10.5 Å². The zero-order chi connectivity index (χ0) is 14.7. The van der Waals surface area contributed by atoms with Crippen LogP contribution in [-0.4, -0.2) is 6.61 Å². The number of hydrogen-bond acceptors (Lipinski definition) is 2. The largest absolute Gasteiger partial charge is 0.494 e. The predicted octanol–water partition coefficient (Wildman–Crippen LogP) is 4.40. The molecule has 0 fully saturated rings. The highest BCUT2D eigenvalue weighted by Gasteiger charge is 2.17. The van der Waals surface area contributed by atoms with E-state index in [1.807, 2.05) is 51.1 Å². The number of benzene rings is 2. The Hall–Kier alpha value is -1.51. The Bertz CT molecular complexity index is 610. The van der Waals surface area contributed by atoms with Crippen LogP contribution in [0.1, 0.15) is 35.2 Å². The number of ether oxygens (including phenoxy) is 1. The summed E-state index contributed by atoms with van der Waals surface area (Å²) in [5.41, 5.74) is 10.6. The van der Waals surface area contributed by atoms with Gasteiger partial charge in [-0.25, -0.2) is 0 Å². The molecule has 0 saturated carbocycles. The SMILES string of the molecule is CCOc1ccc(C)cc1C(N)c1ccc(C)cc1Cl. The minimum absolute atomic E-state index is 0.287. The number of rotatable bonds is 4. The van der Waals surface area contributed by atoms with Crippen LogP contribution in [0, 0.1) is 13.8 Å². The van der Waals surface area contributed by atoms with E-state index in [1.54, 1.807) is 0 Å². The molecule has 0 aliphatic carbocycles. The summed E-state index contributed by atoms with van der Waals surface area (Å²) in [6.07, 6.45) is 0. The molecular weight excluding hydrogens is 270 g/mol. The third-order valence-corrected chi connectivity index (χ3v) is 3.62. The molecule has 0 saturated heterocycles. The highest BCUT2D eigenvalue weighted by Crippen LogP contribution is 2.33. The van der Waals surface area contributed by atoms with Gasteiger partial charge in [-0.2, -0.15) is 0 Å². The van der Waals surface area contributed by atoms with Crippen LogP contribution in [0.4, 0.5) is 0 Å². The summed E-state index contributed by atoms with van der Waals surface area (Å²) in [5.74, 6) is 0.822. The monoisotopic (exact) mass is 289 g/mol. The molecule has 2 rings (SSSR count). The average Bonchev–Trinajstić information content (AvgIpc) is 2.40. The predicted molar refractivity (Wildman–Crippen MR) is 84.6 cm³/mol. The third kappa shape index (κ3) is 3.14. The van der Waals surface area contributed by atoms with Crippen molar-refractivity contribution in [2.24, 2.45) is 5.73 Å². The molecule has 1 unspecified atom stereocenters. The Balaban J connectivity index is 2.46. The van der Waals surface area contributed by atoms with Crippen molar-refractivity contribution in [1.29, 1.82) is 0 Å². The van der Waals surface area contributed by atoms with Crippen molar-refractivity contribution in [3.63, 3.8) is 0 Å². The fourth-order valence-corrected chi connectivity index (χ4v) is 2.60. The van der Waals surface area contributed by atoms with E-state index in [4.69, 9.17) is 22.1 Å².